The van der Waals surface area contributed by atoms with E-state index in [-0.39, 0.29) is 5.91 Å². The summed E-state index contributed by atoms with van der Waals surface area (Å²) >= 11 is 10.9. The number of rotatable bonds is 4. The first-order chi connectivity index (χ1) is 9.08. The zero-order valence-corrected chi connectivity index (χ0v) is 13.2. The number of methoxy groups -OCH3 is 1. The van der Waals surface area contributed by atoms with E-state index in [9.17, 15) is 4.79 Å². The Morgan fingerprint density at radius 1 is 1.42 bits per heavy atom. The van der Waals surface area contributed by atoms with Gasteiger partial charge >= 0.3 is 0 Å². The molecule has 0 aliphatic carbocycles. The summed E-state index contributed by atoms with van der Waals surface area (Å²) in [6, 6.07) is 9.00. The molecule has 0 saturated heterocycles. The third-order valence-corrected chi connectivity index (χ3v) is 4.32. The van der Waals surface area contributed by atoms with E-state index in [1.807, 2.05) is 12.1 Å². The maximum absolute atomic E-state index is 11.9. The second kappa shape index (κ2) is 6.41. The Bertz CT molecular complexity index is 600. The van der Waals surface area contributed by atoms with Crippen LogP contribution in [0.1, 0.15) is 4.88 Å². The minimum atomic E-state index is -0.0735. The van der Waals surface area contributed by atoms with Crippen LogP contribution in [0.3, 0.4) is 0 Å². The van der Waals surface area contributed by atoms with E-state index in [2.05, 4.69) is 21.2 Å². The summed E-state index contributed by atoms with van der Waals surface area (Å²) in [5.41, 5.74) is 0.659. The quantitative estimate of drug-likeness (QED) is 0.880. The van der Waals surface area contributed by atoms with Gasteiger partial charge in [-0.05, 0) is 46.3 Å². The van der Waals surface area contributed by atoms with E-state index in [1.165, 1.54) is 0 Å². The number of hydrogen-bond donors (Lipinski definition) is 1. The predicted octanol–water partition coefficient (Wildman–Crippen LogP) is 4.35. The van der Waals surface area contributed by atoms with Gasteiger partial charge in [-0.25, -0.2) is 0 Å². The molecule has 0 unspecified atom stereocenters. The van der Waals surface area contributed by atoms with Crippen LogP contribution in [0.5, 0.6) is 5.75 Å². The molecular weight excluding hydrogens is 350 g/mol. The summed E-state index contributed by atoms with van der Waals surface area (Å²) < 4.78 is 6.07. The van der Waals surface area contributed by atoms with Gasteiger partial charge in [0.1, 0.15) is 5.75 Å². The van der Waals surface area contributed by atoms with Crippen molar-refractivity contribution in [3.8, 4) is 5.75 Å². The largest absolute Gasteiger partial charge is 0.495 e. The predicted molar refractivity (Wildman–Crippen MR) is 82.4 cm³/mol. The number of ether oxygens (including phenoxy) is 1. The molecule has 3 nitrogen and oxygen atoms in total. The second-order valence-electron chi connectivity index (χ2n) is 3.78. The molecule has 100 valence electrons. The molecular formula is C13H11BrClNO2S. The smallest absolute Gasteiger partial charge is 0.229 e. The molecule has 0 fully saturated rings. The number of carbonyl (C=O) groups excluding carboxylic acids is 1. The molecule has 19 heavy (non-hydrogen) atoms. The average Bonchev–Trinajstić information content (AvgIpc) is 2.74. The van der Waals surface area contributed by atoms with Gasteiger partial charge in [0, 0.05) is 10.6 Å². The van der Waals surface area contributed by atoms with Gasteiger partial charge in [0.15, 0.2) is 0 Å². The molecule has 0 radical (unpaired) electrons. The lowest BCUT2D eigenvalue weighted by molar-refractivity contribution is -0.115. The van der Waals surface area contributed by atoms with Crippen LogP contribution in [0.4, 0.5) is 5.69 Å². The van der Waals surface area contributed by atoms with E-state index in [1.54, 1.807) is 36.6 Å². The fraction of sp³-hybridized carbons (Fsp3) is 0.154. The molecule has 1 amide bonds. The summed E-state index contributed by atoms with van der Waals surface area (Å²) in [5, 5.41) is 3.28. The standard InChI is InChI=1S/C13H11BrClNO2S/c1-18-11-4-2-8(6-10(11)15)16-13(17)7-9-3-5-12(14)19-9/h2-6H,7H2,1H3,(H,16,17). The summed E-state index contributed by atoms with van der Waals surface area (Å²) in [4.78, 5) is 12.9. The van der Waals surface area contributed by atoms with Crippen molar-refractivity contribution in [3.05, 3.63) is 44.0 Å². The third-order valence-electron chi connectivity index (χ3n) is 2.40. The van der Waals surface area contributed by atoms with Gasteiger partial charge in [0.05, 0.1) is 22.3 Å². The first-order valence-electron chi connectivity index (χ1n) is 5.46. The minimum Gasteiger partial charge on any atom is -0.495 e. The molecule has 2 aromatic rings. The number of anilines is 1. The number of carbonyl (C=O) groups is 1. The van der Waals surface area contributed by atoms with E-state index < -0.39 is 0 Å². The molecule has 1 aromatic heterocycles. The number of nitrogens with one attached hydrogen (secondary N) is 1. The van der Waals surface area contributed by atoms with Crippen molar-refractivity contribution in [1.29, 1.82) is 0 Å². The molecule has 2 rings (SSSR count). The van der Waals surface area contributed by atoms with Crippen LogP contribution in [-0.4, -0.2) is 13.0 Å². The molecule has 0 aliphatic heterocycles. The highest BCUT2D eigenvalue weighted by Crippen LogP contribution is 2.27. The molecule has 0 aliphatic rings. The highest BCUT2D eigenvalue weighted by atomic mass is 79.9. The van der Waals surface area contributed by atoms with Gasteiger partial charge in [-0.15, -0.1) is 11.3 Å². The van der Waals surface area contributed by atoms with Gasteiger partial charge in [-0.1, -0.05) is 11.6 Å². The monoisotopic (exact) mass is 359 g/mol. The molecule has 1 N–H and O–H groups in total. The van der Waals surface area contributed by atoms with E-state index in [0.29, 0.717) is 22.9 Å². The Morgan fingerprint density at radius 3 is 2.79 bits per heavy atom. The summed E-state index contributed by atoms with van der Waals surface area (Å²) in [6.07, 6.45) is 0.347. The number of halogens is 2. The van der Waals surface area contributed by atoms with Crippen LogP contribution in [-0.2, 0) is 11.2 Å². The maximum Gasteiger partial charge on any atom is 0.229 e. The molecule has 0 atom stereocenters. The topological polar surface area (TPSA) is 38.3 Å². The van der Waals surface area contributed by atoms with Crippen LogP contribution in [0.25, 0.3) is 0 Å². The zero-order chi connectivity index (χ0) is 13.8. The lowest BCUT2D eigenvalue weighted by Gasteiger charge is -2.07. The molecule has 0 bridgehead atoms. The normalized spacial score (nSPS) is 10.3. The number of amides is 1. The summed E-state index contributed by atoms with van der Waals surface area (Å²) in [7, 11) is 1.55. The molecule has 6 heteroatoms. The molecule has 1 heterocycles. The average molecular weight is 361 g/mol. The van der Waals surface area contributed by atoms with E-state index in [0.717, 1.165) is 8.66 Å². The van der Waals surface area contributed by atoms with Crippen molar-refractivity contribution < 1.29 is 9.53 Å². The Balaban J connectivity index is 2.00. The van der Waals surface area contributed by atoms with Crippen molar-refractivity contribution in [2.24, 2.45) is 0 Å². The SMILES string of the molecule is COc1ccc(NC(=O)Cc2ccc(Br)s2)cc1Cl. The Morgan fingerprint density at radius 2 is 2.21 bits per heavy atom. The Labute approximate surface area is 128 Å². The highest BCUT2D eigenvalue weighted by molar-refractivity contribution is 9.11. The number of benzene rings is 1. The molecule has 0 spiro atoms. The lowest BCUT2D eigenvalue weighted by Crippen LogP contribution is -2.13. The van der Waals surface area contributed by atoms with Gasteiger partial charge in [0.2, 0.25) is 5.91 Å². The molecule has 0 saturated carbocycles. The second-order valence-corrected chi connectivity index (χ2v) is 6.73. The van der Waals surface area contributed by atoms with Gasteiger partial charge < -0.3 is 10.1 Å². The van der Waals surface area contributed by atoms with Gasteiger partial charge in [0.25, 0.3) is 0 Å². The van der Waals surface area contributed by atoms with E-state index >= 15 is 0 Å². The first kappa shape index (κ1) is 14.4. The maximum atomic E-state index is 11.9. The van der Waals surface area contributed by atoms with Crippen LogP contribution in [0.2, 0.25) is 5.02 Å². The van der Waals surface area contributed by atoms with Crippen LogP contribution < -0.4 is 10.1 Å². The molecule has 1 aromatic carbocycles. The number of thiophene rings is 1. The highest BCUT2D eigenvalue weighted by Gasteiger charge is 2.08. The van der Waals surface area contributed by atoms with Crippen LogP contribution in [0.15, 0.2) is 34.1 Å². The van der Waals surface area contributed by atoms with Gasteiger partial charge in [-0.2, -0.15) is 0 Å². The lowest BCUT2D eigenvalue weighted by atomic mass is 10.2. The Hall–Kier alpha value is -1.04. The number of hydrogen-bond acceptors (Lipinski definition) is 3. The fourth-order valence-electron chi connectivity index (χ4n) is 1.55. The Kier molecular flexibility index (Phi) is 4.85. The first-order valence-corrected chi connectivity index (χ1v) is 7.45. The van der Waals surface area contributed by atoms with Crippen molar-refractivity contribution in [1.82, 2.24) is 0 Å². The van der Waals surface area contributed by atoms with Crippen LogP contribution >= 0.6 is 38.9 Å². The fourth-order valence-corrected chi connectivity index (χ4v) is 3.29. The van der Waals surface area contributed by atoms with Crippen molar-refractivity contribution >= 4 is 50.5 Å². The van der Waals surface area contributed by atoms with E-state index in [4.69, 9.17) is 16.3 Å². The zero-order valence-electron chi connectivity index (χ0n) is 10.1. The van der Waals surface area contributed by atoms with Crippen molar-refractivity contribution in [3.63, 3.8) is 0 Å². The van der Waals surface area contributed by atoms with Crippen molar-refractivity contribution in [2.45, 2.75) is 6.42 Å². The van der Waals surface area contributed by atoms with Crippen molar-refractivity contribution in [2.75, 3.05) is 12.4 Å². The third kappa shape index (κ3) is 3.96. The minimum absolute atomic E-state index is 0.0735. The van der Waals surface area contributed by atoms with Crippen LogP contribution in [0, 0.1) is 0 Å². The summed E-state index contributed by atoms with van der Waals surface area (Å²) in [5.74, 6) is 0.512. The van der Waals surface area contributed by atoms with Gasteiger partial charge in [-0.3, -0.25) is 4.79 Å². The summed E-state index contributed by atoms with van der Waals surface area (Å²) in [6.45, 7) is 0.